The lowest BCUT2D eigenvalue weighted by Crippen LogP contribution is -2.42. The Morgan fingerprint density at radius 2 is 1.81 bits per heavy atom. The SMILES string of the molecule is CCN(c1cc(Cl)cc(C(=O)NCc2c(C)[nH]n(C)c2=O)c1C)C1CCC(N(C)C)CC1. The minimum Gasteiger partial charge on any atom is -0.369 e. The zero-order valence-electron chi connectivity index (χ0n) is 20.1. The third-order valence-electron chi connectivity index (χ3n) is 6.85. The van der Waals surface area contributed by atoms with E-state index in [1.54, 1.807) is 13.1 Å². The van der Waals surface area contributed by atoms with Crippen molar-refractivity contribution < 1.29 is 4.79 Å². The summed E-state index contributed by atoms with van der Waals surface area (Å²) in [5.74, 6) is -0.221. The van der Waals surface area contributed by atoms with Gasteiger partial charge in [0.1, 0.15) is 0 Å². The van der Waals surface area contributed by atoms with Gasteiger partial charge in [0.25, 0.3) is 11.5 Å². The summed E-state index contributed by atoms with van der Waals surface area (Å²) in [5, 5.41) is 6.41. The molecule has 0 radical (unpaired) electrons. The minimum absolute atomic E-state index is 0.128. The van der Waals surface area contributed by atoms with Gasteiger partial charge in [0.2, 0.25) is 0 Å². The van der Waals surface area contributed by atoms with Crippen molar-refractivity contribution >= 4 is 23.2 Å². The summed E-state index contributed by atoms with van der Waals surface area (Å²) in [6.45, 7) is 7.00. The maximum Gasteiger partial charge on any atom is 0.271 e. The second-order valence-corrected chi connectivity index (χ2v) is 9.51. The number of nitrogens with one attached hydrogen (secondary N) is 2. The normalized spacial score (nSPS) is 18.8. The highest BCUT2D eigenvalue weighted by atomic mass is 35.5. The van der Waals surface area contributed by atoms with Crippen molar-refractivity contribution in [2.75, 3.05) is 25.5 Å². The fourth-order valence-corrected chi connectivity index (χ4v) is 5.13. The van der Waals surface area contributed by atoms with Crippen LogP contribution < -0.4 is 15.8 Å². The van der Waals surface area contributed by atoms with Gasteiger partial charge >= 0.3 is 0 Å². The highest BCUT2D eigenvalue weighted by Gasteiger charge is 2.28. The number of halogens is 1. The molecule has 2 N–H and O–H groups in total. The summed E-state index contributed by atoms with van der Waals surface area (Å²) in [4.78, 5) is 30.0. The van der Waals surface area contributed by atoms with Crippen LogP contribution in [0.25, 0.3) is 0 Å². The number of benzene rings is 1. The molecule has 1 saturated carbocycles. The van der Waals surface area contributed by atoms with Crippen molar-refractivity contribution in [1.29, 1.82) is 0 Å². The van der Waals surface area contributed by atoms with Crippen LogP contribution >= 0.6 is 11.6 Å². The molecule has 1 fully saturated rings. The Bertz CT molecular complexity index is 1020. The number of aryl methyl sites for hydroxylation is 2. The van der Waals surface area contributed by atoms with E-state index in [0.717, 1.165) is 36.3 Å². The second-order valence-electron chi connectivity index (χ2n) is 9.07. The summed E-state index contributed by atoms with van der Waals surface area (Å²) in [7, 11) is 5.97. The zero-order valence-corrected chi connectivity index (χ0v) is 20.8. The molecule has 0 aliphatic heterocycles. The molecule has 176 valence electrons. The quantitative estimate of drug-likeness (QED) is 0.660. The number of amides is 1. The molecule has 1 aliphatic carbocycles. The van der Waals surface area contributed by atoms with Gasteiger partial charge in [0, 0.05) is 47.6 Å². The van der Waals surface area contributed by atoms with Gasteiger partial charge in [-0.1, -0.05) is 11.6 Å². The number of aromatic nitrogens is 2. The lowest BCUT2D eigenvalue weighted by Gasteiger charge is -2.40. The molecule has 0 unspecified atom stereocenters. The molecule has 1 aromatic carbocycles. The smallest absolute Gasteiger partial charge is 0.271 e. The van der Waals surface area contributed by atoms with Crippen molar-refractivity contribution in [2.24, 2.45) is 7.05 Å². The van der Waals surface area contributed by atoms with Crippen LogP contribution in [-0.2, 0) is 13.6 Å². The second kappa shape index (κ2) is 10.1. The Labute approximate surface area is 195 Å². The molecule has 2 aromatic rings. The van der Waals surface area contributed by atoms with Crippen molar-refractivity contribution in [3.8, 4) is 0 Å². The lowest BCUT2D eigenvalue weighted by molar-refractivity contribution is 0.0950. The number of rotatable bonds is 7. The molecule has 0 atom stereocenters. The molecule has 0 bridgehead atoms. The summed E-state index contributed by atoms with van der Waals surface area (Å²) in [6.07, 6.45) is 4.60. The van der Waals surface area contributed by atoms with Crippen LogP contribution in [0.4, 0.5) is 5.69 Å². The van der Waals surface area contributed by atoms with Crippen LogP contribution in [0.3, 0.4) is 0 Å². The Hall–Kier alpha value is -2.25. The predicted octanol–water partition coefficient (Wildman–Crippen LogP) is 3.61. The molecular weight excluding hydrogens is 426 g/mol. The van der Waals surface area contributed by atoms with Gasteiger partial charge in [-0.2, -0.15) is 0 Å². The van der Waals surface area contributed by atoms with Gasteiger partial charge in [-0.3, -0.25) is 19.4 Å². The van der Waals surface area contributed by atoms with Gasteiger partial charge in [-0.05, 0) is 78.2 Å². The molecule has 1 amide bonds. The minimum atomic E-state index is -0.221. The highest BCUT2D eigenvalue weighted by Crippen LogP contribution is 2.34. The molecule has 32 heavy (non-hydrogen) atoms. The van der Waals surface area contributed by atoms with E-state index in [9.17, 15) is 9.59 Å². The molecule has 8 heteroatoms. The molecular formula is C24H36ClN5O2. The van der Waals surface area contributed by atoms with Crippen molar-refractivity contribution in [2.45, 2.75) is 65.1 Å². The predicted molar refractivity (Wildman–Crippen MR) is 131 cm³/mol. The van der Waals surface area contributed by atoms with E-state index < -0.39 is 0 Å². The average Bonchev–Trinajstić information content (AvgIpc) is 3.00. The Balaban J connectivity index is 1.81. The van der Waals surface area contributed by atoms with Crippen LogP contribution in [0.2, 0.25) is 5.02 Å². The van der Waals surface area contributed by atoms with Gasteiger partial charge in [-0.25, -0.2) is 0 Å². The van der Waals surface area contributed by atoms with Crippen LogP contribution in [0.15, 0.2) is 16.9 Å². The van der Waals surface area contributed by atoms with Gasteiger partial charge < -0.3 is 15.1 Å². The molecule has 7 nitrogen and oxygen atoms in total. The van der Waals surface area contributed by atoms with E-state index in [-0.39, 0.29) is 18.0 Å². The van der Waals surface area contributed by atoms with E-state index in [1.165, 1.54) is 17.5 Å². The monoisotopic (exact) mass is 461 g/mol. The third kappa shape index (κ3) is 5.04. The summed E-state index contributed by atoms with van der Waals surface area (Å²) in [6, 6.07) is 4.77. The number of carbonyl (C=O) groups excluding carboxylic acids is 1. The zero-order chi connectivity index (χ0) is 23.6. The first-order valence-corrected chi connectivity index (χ1v) is 11.8. The maximum atomic E-state index is 13.1. The summed E-state index contributed by atoms with van der Waals surface area (Å²) < 4.78 is 1.42. The van der Waals surface area contributed by atoms with Crippen LogP contribution in [0.5, 0.6) is 0 Å². The number of hydrogen-bond acceptors (Lipinski definition) is 4. The third-order valence-corrected chi connectivity index (χ3v) is 7.07. The first kappa shape index (κ1) is 24.4. The molecule has 0 saturated heterocycles. The van der Waals surface area contributed by atoms with Crippen molar-refractivity contribution in [3.05, 3.63) is 49.9 Å². The van der Waals surface area contributed by atoms with Crippen molar-refractivity contribution in [1.82, 2.24) is 20.0 Å². The van der Waals surface area contributed by atoms with Crippen LogP contribution in [0.1, 0.15) is 59.8 Å². The van der Waals surface area contributed by atoms with Gasteiger partial charge in [0.05, 0.1) is 12.1 Å². The van der Waals surface area contributed by atoms with Gasteiger partial charge in [0.15, 0.2) is 0 Å². The number of carbonyl (C=O) groups is 1. The number of H-pyrrole nitrogens is 1. The first-order chi connectivity index (χ1) is 15.1. The Morgan fingerprint density at radius 1 is 1.19 bits per heavy atom. The molecule has 1 aliphatic rings. The topological polar surface area (TPSA) is 73.4 Å². The number of aromatic amines is 1. The molecule has 0 spiro atoms. The van der Waals surface area contributed by atoms with Crippen molar-refractivity contribution in [3.63, 3.8) is 0 Å². The van der Waals surface area contributed by atoms with E-state index in [2.05, 4.69) is 41.2 Å². The van der Waals surface area contributed by atoms with Gasteiger partial charge in [-0.15, -0.1) is 0 Å². The van der Waals surface area contributed by atoms with Crippen LogP contribution in [-0.4, -0.2) is 53.3 Å². The van der Waals surface area contributed by atoms with E-state index in [0.29, 0.717) is 28.2 Å². The fraction of sp³-hybridized carbons (Fsp3) is 0.583. The van der Waals surface area contributed by atoms with E-state index in [1.807, 2.05) is 19.9 Å². The van der Waals surface area contributed by atoms with Crippen LogP contribution in [0, 0.1) is 13.8 Å². The summed E-state index contributed by atoms with van der Waals surface area (Å²) in [5.41, 5.74) is 3.68. The molecule has 1 aromatic heterocycles. The van der Waals surface area contributed by atoms with E-state index >= 15 is 0 Å². The fourth-order valence-electron chi connectivity index (χ4n) is 4.92. The lowest BCUT2D eigenvalue weighted by atomic mass is 9.89. The summed E-state index contributed by atoms with van der Waals surface area (Å²) >= 11 is 6.47. The Morgan fingerprint density at radius 3 is 2.34 bits per heavy atom. The largest absolute Gasteiger partial charge is 0.369 e. The maximum absolute atomic E-state index is 13.1. The highest BCUT2D eigenvalue weighted by molar-refractivity contribution is 6.31. The number of nitrogens with zero attached hydrogens (tertiary/aromatic N) is 3. The molecule has 1 heterocycles. The Kier molecular flexibility index (Phi) is 7.72. The standard InChI is InChI=1S/C24H36ClN5O2/c1-7-30(19-10-8-18(9-11-19)28(4)5)22-13-17(25)12-20(15(22)2)23(31)26-14-21-16(3)27-29(6)24(21)32/h12-13,18-19,27H,7-11,14H2,1-6H3,(H,26,31). The molecule has 3 rings (SSSR count). The van der Waals surface area contributed by atoms with E-state index in [4.69, 9.17) is 11.6 Å². The first-order valence-electron chi connectivity index (χ1n) is 11.4. The number of hydrogen-bond donors (Lipinski definition) is 2. The average molecular weight is 462 g/mol. The number of anilines is 1.